The Bertz CT molecular complexity index is 517. The highest BCUT2D eigenvalue weighted by Gasteiger charge is 2.27. The molecule has 0 saturated carbocycles. The van der Waals surface area contributed by atoms with Crippen LogP contribution in [0.4, 0.5) is 0 Å². The van der Waals surface area contributed by atoms with Gasteiger partial charge in [0.25, 0.3) is 5.91 Å². The summed E-state index contributed by atoms with van der Waals surface area (Å²) in [6, 6.07) is 5.28. The van der Waals surface area contributed by atoms with E-state index in [0.717, 1.165) is 5.17 Å². The molecule has 1 aromatic carbocycles. The van der Waals surface area contributed by atoms with E-state index in [9.17, 15) is 4.79 Å². The van der Waals surface area contributed by atoms with Crippen molar-refractivity contribution in [3.05, 3.63) is 23.8 Å². The summed E-state index contributed by atoms with van der Waals surface area (Å²) in [5.74, 6) is 0.902. The number of benzene rings is 1. The summed E-state index contributed by atoms with van der Waals surface area (Å²) in [6.45, 7) is 1.25. The third kappa shape index (κ3) is 2.53. The smallest absolute Gasteiger partial charge is 0.263 e. The molecular formula is C13H16N2O3S. The first kappa shape index (κ1) is 13.7. The lowest BCUT2D eigenvalue weighted by Crippen LogP contribution is -2.32. The topological polar surface area (TPSA) is 51.1 Å². The van der Waals surface area contributed by atoms with E-state index in [4.69, 9.17) is 9.47 Å². The summed E-state index contributed by atoms with van der Waals surface area (Å²) in [6.07, 6.45) is 1.91. The number of thioether (sulfide) groups is 1. The molecule has 6 heteroatoms. The van der Waals surface area contributed by atoms with Gasteiger partial charge in [-0.15, -0.1) is 0 Å². The average molecular weight is 280 g/mol. The van der Waals surface area contributed by atoms with Crippen molar-refractivity contribution >= 4 is 22.8 Å². The van der Waals surface area contributed by atoms with Crippen molar-refractivity contribution in [2.24, 2.45) is 4.99 Å². The molecule has 0 atom stereocenters. The molecule has 0 radical (unpaired) electrons. The molecule has 0 aliphatic carbocycles. The molecule has 19 heavy (non-hydrogen) atoms. The zero-order valence-electron chi connectivity index (χ0n) is 11.2. The van der Waals surface area contributed by atoms with E-state index in [1.807, 2.05) is 6.26 Å². The molecule has 1 heterocycles. The third-order valence-corrected chi connectivity index (χ3v) is 3.58. The summed E-state index contributed by atoms with van der Waals surface area (Å²) in [4.78, 5) is 18.5. The first-order valence-electron chi connectivity index (χ1n) is 5.84. The Hall–Kier alpha value is -1.69. The minimum absolute atomic E-state index is 0.110. The molecule has 5 nitrogen and oxygen atoms in total. The van der Waals surface area contributed by atoms with E-state index in [1.165, 1.54) is 18.9 Å². The Labute approximate surface area is 116 Å². The van der Waals surface area contributed by atoms with Gasteiger partial charge in [0.15, 0.2) is 16.7 Å². The summed E-state index contributed by atoms with van der Waals surface area (Å²) >= 11 is 1.47. The molecule has 0 fully saturated rings. The number of ether oxygens (including phenoxy) is 2. The highest BCUT2D eigenvalue weighted by atomic mass is 32.2. The molecular weight excluding hydrogens is 264 g/mol. The van der Waals surface area contributed by atoms with Gasteiger partial charge in [0.05, 0.1) is 26.3 Å². The molecule has 0 bridgehead atoms. The normalized spacial score (nSPS) is 14.3. The predicted molar refractivity (Wildman–Crippen MR) is 76.4 cm³/mol. The molecule has 0 aromatic heterocycles. The molecule has 1 amide bonds. The maximum atomic E-state index is 12.6. The molecule has 1 aliphatic rings. The Morgan fingerprint density at radius 1 is 1.37 bits per heavy atom. The minimum atomic E-state index is -0.110. The highest BCUT2D eigenvalue weighted by Crippen LogP contribution is 2.32. The van der Waals surface area contributed by atoms with Crippen molar-refractivity contribution in [3.63, 3.8) is 0 Å². The minimum Gasteiger partial charge on any atom is -0.493 e. The van der Waals surface area contributed by atoms with Gasteiger partial charge in [0, 0.05) is 6.54 Å². The number of carbonyl (C=O) groups is 1. The monoisotopic (exact) mass is 280 g/mol. The van der Waals surface area contributed by atoms with Crippen LogP contribution in [0.25, 0.3) is 0 Å². The van der Waals surface area contributed by atoms with Crippen LogP contribution in [0.15, 0.2) is 23.2 Å². The number of hydrogen-bond donors (Lipinski definition) is 0. The van der Waals surface area contributed by atoms with Gasteiger partial charge in [0.1, 0.15) is 0 Å². The highest BCUT2D eigenvalue weighted by molar-refractivity contribution is 8.13. The number of methoxy groups -OCH3 is 2. The number of hydrogen-bond acceptors (Lipinski definition) is 5. The number of aliphatic imine (C=N–C) groups is 1. The maximum absolute atomic E-state index is 12.6. The van der Waals surface area contributed by atoms with E-state index >= 15 is 0 Å². The Morgan fingerprint density at radius 2 is 2.16 bits per heavy atom. The van der Waals surface area contributed by atoms with E-state index in [1.54, 1.807) is 30.2 Å². The van der Waals surface area contributed by atoms with Crippen LogP contribution in [0.2, 0.25) is 0 Å². The van der Waals surface area contributed by atoms with E-state index in [0.29, 0.717) is 30.2 Å². The van der Waals surface area contributed by atoms with Gasteiger partial charge in [0.2, 0.25) is 0 Å². The molecule has 1 aliphatic heterocycles. The van der Waals surface area contributed by atoms with Crippen molar-refractivity contribution < 1.29 is 14.3 Å². The second kappa shape index (κ2) is 5.97. The van der Waals surface area contributed by atoms with Crippen LogP contribution < -0.4 is 9.47 Å². The standard InChI is InChI=1S/C13H16N2O3S/c1-17-10-6-4-5-9(11(10)18-2)12(16)15-8-7-14-13(15)19-3/h4-6H,7-8H2,1-3H3. The largest absolute Gasteiger partial charge is 0.493 e. The van der Waals surface area contributed by atoms with E-state index in [-0.39, 0.29) is 5.91 Å². The summed E-state index contributed by atoms with van der Waals surface area (Å²) in [5, 5.41) is 0.745. The van der Waals surface area contributed by atoms with Crippen molar-refractivity contribution in [1.29, 1.82) is 0 Å². The molecule has 0 spiro atoms. The fourth-order valence-electron chi connectivity index (χ4n) is 1.99. The number of amidine groups is 1. The summed E-state index contributed by atoms with van der Waals surface area (Å²) in [5.41, 5.74) is 0.491. The van der Waals surface area contributed by atoms with Crippen molar-refractivity contribution in [1.82, 2.24) is 4.90 Å². The predicted octanol–water partition coefficient (Wildman–Crippen LogP) is 1.88. The van der Waals surface area contributed by atoms with Gasteiger partial charge in [-0.3, -0.25) is 14.7 Å². The molecule has 2 rings (SSSR count). The second-order valence-corrected chi connectivity index (χ2v) is 4.64. The summed E-state index contributed by atoms with van der Waals surface area (Å²) in [7, 11) is 3.08. The third-order valence-electron chi connectivity index (χ3n) is 2.86. The first-order valence-corrected chi connectivity index (χ1v) is 7.06. The molecule has 0 unspecified atom stereocenters. The fraction of sp³-hybridized carbons (Fsp3) is 0.385. The van der Waals surface area contributed by atoms with Crippen molar-refractivity contribution in [3.8, 4) is 11.5 Å². The van der Waals surface area contributed by atoms with Crippen LogP contribution in [-0.4, -0.2) is 49.5 Å². The summed E-state index contributed by atoms with van der Waals surface area (Å²) < 4.78 is 10.5. The van der Waals surface area contributed by atoms with E-state index < -0.39 is 0 Å². The number of amides is 1. The molecule has 0 saturated heterocycles. The number of rotatable bonds is 3. The molecule has 0 N–H and O–H groups in total. The van der Waals surface area contributed by atoms with Gasteiger partial charge < -0.3 is 9.47 Å². The first-order chi connectivity index (χ1) is 9.22. The molecule has 1 aromatic rings. The lowest BCUT2D eigenvalue weighted by molar-refractivity contribution is 0.0857. The van der Waals surface area contributed by atoms with Crippen molar-refractivity contribution in [2.45, 2.75) is 0 Å². The van der Waals surface area contributed by atoms with Crippen LogP contribution in [0.5, 0.6) is 11.5 Å². The lowest BCUT2D eigenvalue weighted by Gasteiger charge is -2.19. The fourth-order valence-corrected chi connectivity index (χ4v) is 2.61. The number of carbonyl (C=O) groups excluding carboxylic acids is 1. The lowest BCUT2D eigenvalue weighted by atomic mass is 10.1. The zero-order chi connectivity index (χ0) is 13.8. The van der Waals surface area contributed by atoms with Crippen LogP contribution in [0.1, 0.15) is 10.4 Å². The Balaban J connectivity index is 2.36. The van der Waals surface area contributed by atoms with Crippen LogP contribution >= 0.6 is 11.8 Å². The van der Waals surface area contributed by atoms with Gasteiger partial charge in [-0.05, 0) is 18.4 Å². The van der Waals surface area contributed by atoms with Gasteiger partial charge >= 0.3 is 0 Å². The SMILES string of the molecule is COc1cccc(C(=O)N2CCN=C2SC)c1OC. The number of nitrogens with zero attached hydrogens (tertiary/aromatic N) is 2. The molecule has 102 valence electrons. The Morgan fingerprint density at radius 3 is 2.79 bits per heavy atom. The average Bonchev–Trinajstić information content (AvgIpc) is 2.93. The van der Waals surface area contributed by atoms with Crippen LogP contribution in [-0.2, 0) is 0 Å². The maximum Gasteiger partial charge on any atom is 0.263 e. The van der Waals surface area contributed by atoms with Crippen LogP contribution in [0.3, 0.4) is 0 Å². The second-order valence-electron chi connectivity index (χ2n) is 3.87. The van der Waals surface area contributed by atoms with Gasteiger partial charge in [-0.2, -0.15) is 0 Å². The Kier molecular flexibility index (Phi) is 4.31. The number of para-hydroxylation sites is 1. The van der Waals surface area contributed by atoms with Crippen LogP contribution in [0, 0.1) is 0 Å². The van der Waals surface area contributed by atoms with E-state index in [2.05, 4.69) is 4.99 Å². The van der Waals surface area contributed by atoms with Gasteiger partial charge in [-0.1, -0.05) is 17.8 Å². The quantitative estimate of drug-likeness (QED) is 0.848. The zero-order valence-corrected chi connectivity index (χ0v) is 12.0. The van der Waals surface area contributed by atoms with Gasteiger partial charge in [-0.25, -0.2) is 0 Å². The van der Waals surface area contributed by atoms with Crippen molar-refractivity contribution in [2.75, 3.05) is 33.6 Å².